The predicted octanol–water partition coefficient (Wildman–Crippen LogP) is 2.47. The van der Waals surface area contributed by atoms with Crippen LogP contribution in [0.25, 0.3) is 0 Å². The highest BCUT2D eigenvalue weighted by molar-refractivity contribution is 6.01. The van der Waals surface area contributed by atoms with Crippen molar-refractivity contribution in [1.29, 1.82) is 0 Å². The van der Waals surface area contributed by atoms with Crippen LogP contribution in [0.5, 0.6) is 0 Å². The lowest BCUT2D eigenvalue weighted by atomic mass is 10.0. The van der Waals surface area contributed by atoms with E-state index in [-0.39, 0.29) is 11.6 Å². The number of amides is 1. The first-order valence-electron chi connectivity index (χ1n) is 7.81. The van der Waals surface area contributed by atoms with E-state index in [2.05, 4.69) is 12.2 Å². The minimum absolute atomic E-state index is 0.0770. The quantitative estimate of drug-likeness (QED) is 0.413. The molecule has 0 heterocycles. The molecule has 0 radical (unpaired) electrons. The molecule has 3 N–H and O–H groups in total. The molecule has 1 rings (SSSR count). The van der Waals surface area contributed by atoms with Gasteiger partial charge in [-0.2, -0.15) is 0 Å². The van der Waals surface area contributed by atoms with Crippen molar-refractivity contribution in [3.8, 4) is 0 Å². The Morgan fingerprint density at radius 1 is 1.39 bits per heavy atom. The summed E-state index contributed by atoms with van der Waals surface area (Å²) in [5.74, 6) is 0.0793. The number of para-hydroxylation sites is 1. The molecule has 0 saturated heterocycles. The summed E-state index contributed by atoms with van der Waals surface area (Å²) >= 11 is 0. The van der Waals surface area contributed by atoms with Crippen LogP contribution in [0.4, 0.5) is 11.4 Å². The van der Waals surface area contributed by atoms with Gasteiger partial charge in [0.2, 0.25) is 0 Å². The second kappa shape index (κ2) is 9.09. The van der Waals surface area contributed by atoms with Crippen molar-refractivity contribution < 1.29 is 9.72 Å². The van der Waals surface area contributed by atoms with Gasteiger partial charge >= 0.3 is 0 Å². The molecular formula is C16H26N4O3. The molecule has 0 fully saturated rings. The van der Waals surface area contributed by atoms with Gasteiger partial charge in [0.05, 0.1) is 10.5 Å². The van der Waals surface area contributed by atoms with E-state index in [9.17, 15) is 14.9 Å². The molecule has 1 aromatic carbocycles. The molecule has 7 heteroatoms. The van der Waals surface area contributed by atoms with Gasteiger partial charge in [0.15, 0.2) is 0 Å². The third kappa shape index (κ3) is 5.52. The number of nitrogens with one attached hydrogen (secondary N) is 1. The van der Waals surface area contributed by atoms with Crippen molar-refractivity contribution >= 4 is 17.3 Å². The van der Waals surface area contributed by atoms with Crippen LogP contribution in [0.1, 0.15) is 36.5 Å². The minimum atomic E-state index is -0.464. The molecule has 1 amide bonds. The number of nitro groups is 1. The Hall–Kier alpha value is -2.15. The summed E-state index contributed by atoms with van der Waals surface area (Å²) in [6.45, 7) is 3.32. The largest absolute Gasteiger partial charge is 0.379 e. The number of nitrogens with zero attached hydrogens (tertiary/aromatic N) is 2. The standard InChI is InChI=1S/C16H26N4O3/c1-12(7-4-5-10-17)11-18-15-13(16(21)19(2)3)8-6-9-14(15)20(22)23/h6,8-9,12,18H,4-5,7,10-11,17H2,1-3H3. The molecule has 0 aliphatic rings. The van der Waals surface area contributed by atoms with E-state index in [0.717, 1.165) is 19.3 Å². The number of benzene rings is 1. The van der Waals surface area contributed by atoms with Crippen LogP contribution in [0, 0.1) is 16.0 Å². The topological polar surface area (TPSA) is 102 Å². The summed E-state index contributed by atoms with van der Waals surface area (Å²) in [5, 5.41) is 14.4. The molecule has 0 aliphatic heterocycles. The number of carbonyl (C=O) groups excluding carboxylic acids is 1. The van der Waals surface area contributed by atoms with Gasteiger partial charge in [0.1, 0.15) is 5.69 Å². The maximum Gasteiger partial charge on any atom is 0.293 e. The first-order valence-corrected chi connectivity index (χ1v) is 7.81. The van der Waals surface area contributed by atoms with Crippen molar-refractivity contribution in [2.45, 2.75) is 26.2 Å². The van der Waals surface area contributed by atoms with Crippen LogP contribution in [0.15, 0.2) is 18.2 Å². The molecule has 128 valence electrons. The second-order valence-electron chi connectivity index (χ2n) is 5.93. The van der Waals surface area contributed by atoms with Crippen LogP contribution in [-0.4, -0.2) is 42.9 Å². The summed E-state index contributed by atoms with van der Waals surface area (Å²) in [7, 11) is 3.25. The molecule has 23 heavy (non-hydrogen) atoms. The first kappa shape index (κ1) is 18.9. The van der Waals surface area contributed by atoms with Crippen LogP contribution >= 0.6 is 0 Å². The minimum Gasteiger partial charge on any atom is -0.379 e. The number of unbranched alkanes of at least 4 members (excludes halogenated alkanes) is 1. The lowest BCUT2D eigenvalue weighted by Crippen LogP contribution is -2.24. The molecule has 1 unspecified atom stereocenters. The summed E-state index contributed by atoms with van der Waals surface area (Å²) < 4.78 is 0. The van der Waals surface area contributed by atoms with E-state index in [4.69, 9.17) is 5.73 Å². The number of anilines is 1. The Morgan fingerprint density at radius 2 is 2.09 bits per heavy atom. The number of hydrogen-bond donors (Lipinski definition) is 2. The van der Waals surface area contributed by atoms with E-state index < -0.39 is 4.92 Å². The zero-order chi connectivity index (χ0) is 17.4. The van der Waals surface area contributed by atoms with E-state index in [0.29, 0.717) is 30.3 Å². The van der Waals surface area contributed by atoms with Crippen molar-refractivity contribution in [2.75, 3.05) is 32.5 Å². The number of nitro benzene ring substituents is 1. The van der Waals surface area contributed by atoms with Crippen LogP contribution in [-0.2, 0) is 0 Å². The average Bonchev–Trinajstić information content (AvgIpc) is 2.51. The third-order valence-corrected chi connectivity index (χ3v) is 3.65. The zero-order valence-electron chi connectivity index (χ0n) is 14.0. The maximum atomic E-state index is 12.2. The fraction of sp³-hybridized carbons (Fsp3) is 0.562. The van der Waals surface area contributed by atoms with Crippen molar-refractivity contribution in [3.05, 3.63) is 33.9 Å². The van der Waals surface area contributed by atoms with Gasteiger partial charge in [0.25, 0.3) is 11.6 Å². The molecule has 0 spiro atoms. The second-order valence-corrected chi connectivity index (χ2v) is 5.93. The highest BCUT2D eigenvalue weighted by Crippen LogP contribution is 2.29. The van der Waals surface area contributed by atoms with E-state index in [1.807, 2.05) is 0 Å². The van der Waals surface area contributed by atoms with Crippen LogP contribution in [0.2, 0.25) is 0 Å². The van der Waals surface area contributed by atoms with Gasteiger partial charge in [0, 0.05) is 26.7 Å². The van der Waals surface area contributed by atoms with Gasteiger partial charge in [-0.05, 0) is 31.4 Å². The number of rotatable bonds is 9. The number of carbonyl (C=O) groups is 1. The van der Waals surface area contributed by atoms with Crippen LogP contribution < -0.4 is 11.1 Å². The Labute approximate surface area is 137 Å². The molecule has 1 aromatic rings. The van der Waals surface area contributed by atoms with Gasteiger partial charge in [-0.15, -0.1) is 0 Å². The smallest absolute Gasteiger partial charge is 0.293 e. The lowest BCUT2D eigenvalue weighted by Gasteiger charge is -2.17. The molecule has 7 nitrogen and oxygen atoms in total. The summed E-state index contributed by atoms with van der Waals surface area (Å²) in [5.41, 5.74) is 6.02. The maximum absolute atomic E-state index is 12.2. The van der Waals surface area contributed by atoms with E-state index >= 15 is 0 Å². The van der Waals surface area contributed by atoms with Crippen molar-refractivity contribution in [3.63, 3.8) is 0 Å². The lowest BCUT2D eigenvalue weighted by molar-refractivity contribution is -0.384. The van der Waals surface area contributed by atoms with E-state index in [1.165, 1.54) is 17.0 Å². The summed E-state index contributed by atoms with van der Waals surface area (Å²) in [6, 6.07) is 4.55. The normalized spacial score (nSPS) is 11.8. The van der Waals surface area contributed by atoms with Gasteiger partial charge in [-0.1, -0.05) is 19.4 Å². The van der Waals surface area contributed by atoms with Crippen molar-refractivity contribution in [1.82, 2.24) is 4.90 Å². The number of nitrogens with two attached hydrogens (primary N) is 1. The first-order chi connectivity index (χ1) is 10.9. The predicted molar refractivity (Wildman–Crippen MR) is 91.7 cm³/mol. The highest BCUT2D eigenvalue weighted by Gasteiger charge is 2.22. The Balaban J connectivity index is 2.93. The molecule has 1 atom stereocenters. The highest BCUT2D eigenvalue weighted by atomic mass is 16.6. The molecule has 0 aliphatic carbocycles. The Bertz CT molecular complexity index is 546. The van der Waals surface area contributed by atoms with Crippen molar-refractivity contribution in [2.24, 2.45) is 11.7 Å². The third-order valence-electron chi connectivity index (χ3n) is 3.65. The molecule has 0 bridgehead atoms. The fourth-order valence-corrected chi connectivity index (χ4v) is 2.31. The van der Waals surface area contributed by atoms with Gasteiger partial charge in [-0.25, -0.2) is 0 Å². The van der Waals surface area contributed by atoms with Crippen LogP contribution in [0.3, 0.4) is 0 Å². The fourth-order valence-electron chi connectivity index (χ4n) is 2.31. The number of hydrogen-bond acceptors (Lipinski definition) is 5. The van der Waals surface area contributed by atoms with Gasteiger partial charge in [-0.3, -0.25) is 14.9 Å². The average molecular weight is 322 g/mol. The summed E-state index contributed by atoms with van der Waals surface area (Å²) in [4.78, 5) is 24.4. The molecule has 0 saturated carbocycles. The van der Waals surface area contributed by atoms with Gasteiger partial charge < -0.3 is 16.0 Å². The van der Waals surface area contributed by atoms with E-state index in [1.54, 1.807) is 20.2 Å². The monoisotopic (exact) mass is 322 g/mol. The Kier molecular flexibility index (Phi) is 7.47. The SMILES string of the molecule is CC(CCCCN)CNc1c(C(=O)N(C)C)cccc1[N+](=O)[O-]. The molecule has 0 aromatic heterocycles. The summed E-state index contributed by atoms with van der Waals surface area (Å²) in [6.07, 6.45) is 2.99. The zero-order valence-corrected chi connectivity index (χ0v) is 14.0. The Morgan fingerprint density at radius 3 is 2.65 bits per heavy atom. The molecular weight excluding hydrogens is 296 g/mol.